The number of halogens is 1. The normalized spacial score (nSPS) is 21.1. The number of hydrogen-bond donors (Lipinski definition) is 2. The van der Waals surface area contributed by atoms with Crippen LogP contribution in [0, 0.1) is 34.9 Å². The van der Waals surface area contributed by atoms with Crippen LogP contribution in [0.15, 0.2) is 18.2 Å². The van der Waals surface area contributed by atoms with Gasteiger partial charge in [-0.3, -0.25) is 4.79 Å². The first-order valence-electron chi connectivity index (χ1n) is 9.98. The average molecular weight is 383 g/mol. The molecule has 2 fully saturated rings. The predicted octanol–water partition coefficient (Wildman–Crippen LogP) is 2.30. The largest absolute Gasteiger partial charge is 0.367 e. The van der Waals surface area contributed by atoms with E-state index in [1.165, 1.54) is 18.9 Å². The van der Waals surface area contributed by atoms with Crippen LogP contribution in [0.1, 0.15) is 43.2 Å². The van der Waals surface area contributed by atoms with E-state index in [-0.39, 0.29) is 12.3 Å². The Bertz CT molecular complexity index is 779. The van der Waals surface area contributed by atoms with Gasteiger partial charge in [0.05, 0.1) is 6.07 Å². The van der Waals surface area contributed by atoms with Crippen LogP contribution in [-0.2, 0) is 16.0 Å². The fourth-order valence-electron chi connectivity index (χ4n) is 3.54. The zero-order chi connectivity index (χ0) is 19.8. The highest BCUT2D eigenvalue weighted by Crippen LogP contribution is 2.23. The van der Waals surface area contributed by atoms with E-state index < -0.39 is 18.0 Å². The van der Waals surface area contributed by atoms with Crippen molar-refractivity contribution in [1.29, 1.82) is 5.26 Å². The van der Waals surface area contributed by atoms with E-state index in [9.17, 15) is 14.4 Å². The van der Waals surface area contributed by atoms with Gasteiger partial charge in [0.1, 0.15) is 18.0 Å². The number of benzene rings is 1. The molecule has 3 rings (SSSR count). The number of ether oxygens (including phenoxy) is 1. The molecule has 0 aromatic heterocycles. The van der Waals surface area contributed by atoms with Crippen LogP contribution in [0.25, 0.3) is 0 Å². The lowest BCUT2D eigenvalue weighted by molar-refractivity contribution is -0.132. The lowest BCUT2D eigenvalue weighted by Gasteiger charge is -2.18. The monoisotopic (exact) mass is 383 g/mol. The van der Waals surface area contributed by atoms with Crippen LogP contribution in [0.3, 0.4) is 0 Å². The second-order valence-electron chi connectivity index (χ2n) is 7.37. The van der Waals surface area contributed by atoms with Crippen LogP contribution >= 0.6 is 0 Å². The van der Waals surface area contributed by atoms with Crippen LogP contribution < -0.4 is 10.6 Å². The molecule has 1 aliphatic heterocycles. The number of amides is 1. The van der Waals surface area contributed by atoms with E-state index >= 15 is 0 Å². The highest BCUT2D eigenvalue weighted by molar-refractivity contribution is 5.81. The van der Waals surface area contributed by atoms with Gasteiger partial charge < -0.3 is 15.4 Å². The van der Waals surface area contributed by atoms with Crippen molar-refractivity contribution in [1.82, 2.24) is 10.6 Å². The number of rotatable bonds is 4. The lowest BCUT2D eigenvalue weighted by Crippen LogP contribution is -2.46. The summed E-state index contributed by atoms with van der Waals surface area (Å²) in [5, 5.41) is 15.2. The SMILES string of the molecule is N#C[C@H](Cc1ccc(C#CC2CCCC2)cc1F)NC(=O)C1CNCCCO1. The molecular weight excluding hydrogens is 357 g/mol. The lowest BCUT2D eigenvalue weighted by atomic mass is 10.0. The molecule has 1 heterocycles. The van der Waals surface area contributed by atoms with E-state index in [0.717, 1.165) is 25.8 Å². The van der Waals surface area contributed by atoms with Gasteiger partial charge in [0.15, 0.2) is 0 Å². The number of nitrogens with zero attached hydrogens (tertiary/aromatic N) is 1. The van der Waals surface area contributed by atoms with Gasteiger partial charge in [-0.25, -0.2) is 4.39 Å². The van der Waals surface area contributed by atoms with E-state index in [1.54, 1.807) is 12.1 Å². The third kappa shape index (κ3) is 5.79. The van der Waals surface area contributed by atoms with Crippen LogP contribution in [0.4, 0.5) is 4.39 Å². The minimum absolute atomic E-state index is 0.102. The van der Waals surface area contributed by atoms with E-state index in [4.69, 9.17) is 4.74 Å². The zero-order valence-electron chi connectivity index (χ0n) is 16.0. The minimum atomic E-state index is -0.815. The summed E-state index contributed by atoms with van der Waals surface area (Å²) in [6, 6.07) is 6.05. The van der Waals surface area contributed by atoms with Crippen molar-refractivity contribution in [2.24, 2.45) is 5.92 Å². The number of nitriles is 1. The third-order valence-corrected chi connectivity index (χ3v) is 5.16. The second-order valence-corrected chi connectivity index (χ2v) is 7.37. The molecule has 148 valence electrons. The predicted molar refractivity (Wildman–Crippen MR) is 104 cm³/mol. The Morgan fingerprint density at radius 3 is 2.93 bits per heavy atom. The average Bonchev–Trinajstić information content (AvgIpc) is 3.07. The van der Waals surface area contributed by atoms with Crippen LogP contribution in [0.5, 0.6) is 0 Å². The maximum absolute atomic E-state index is 14.5. The molecule has 0 bridgehead atoms. The molecular formula is C22H26FN3O2. The third-order valence-electron chi connectivity index (χ3n) is 5.16. The zero-order valence-corrected chi connectivity index (χ0v) is 16.0. The summed E-state index contributed by atoms with van der Waals surface area (Å²) in [5.41, 5.74) is 1.03. The molecule has 5 nitrogen and oxygen atoms in total. The summed E-state index contributed by atoms with van der Waals surface area (Å²) in [7, 11) is 0. The van der Waals surface area contributed by atoms with E-state index in [2.05, 4.69) is 22.5 Å². The topological polar surface area (TPSA) is 74.2 Å². The molecule has 1 saturated heterocycles. The number of nitrogens with one attached hydrogen (secondary N) is 2. The van der Waals surface area contributed by atoms with Gasteiger partial charge in [-0.15, -0.1) is 0 Å². The molecule has 0 spiro atoms. The van der Waals surface area contributed by atoms with Crippen molar-refractivity contribution in [3.8, 4) is 17.9 Å². The molecule has 1 aromatic carbocycles. The summed E-state index contributed by atoms with van der Waals surface area (Å²) in [4.78, 5) is 12.3. The smallest absolute Gasteiger partial charge is 0.251 e. The Hall–Kier alpha value is -2.41. The maximum atomic E-state index is 14.5. The van der Waals surface area contributed by atoms with Crippen molar-refractivity contribution in [3.05, 3.63) is 35.1 Å². The van der Waals surface area contributed by atoms with Crippen molar-refractivity contribution in [2.45, 2.75) is 50.7 Å². The molecule has 1 unspecified atom stereocenters. The van der Waals surface area contributed by atoms with Gasteiger partial charge in [0, 0.05) is 31.1 Å². The molecule has 28 heavy (non-hydrogen) atoms. The van der Waals surface area contributed by atoms with Crippen molar-refractivity contribution >= 4 is 5.91 Å². The Kier molecular flexibility index (Phi) is 7.42. The standard InChI is InChI=1S/C22H26FN3O2/c23-20-12-17(7-6-16-4-1-2-5-16)8-9-18(20)13-19(14-24)26-22(27)21-15-25-10-3-11-28-21/h8-9,12,16,19,21,25H,1-5,10-11,13,15H2,(H,26,27)/t19-,21?/m0/s1. The molecule has 2 aliphatic rings. The summed E-state index contributed by atoms with van der Waals surface area (Å²) >= 11 is 0. The highest BCUT2D eigenvalue weighted by Gasteiger charge is 2.24. The minimum Gasteiger partial charge on any atom is -0.367 e. The first-order valence-corrected chi connectivity index (χ1v) is 9.98. The molecule has 1 amide bonds. The number of carbonyl (C=O) groups excluding carboxylic acids is 1. The second kappa shape index (κ2) is 10.2. The fraction of sp³-hybridized carbons (Fsp3) is 0.545. The molecule has 2 N–H and O–H groups in total. The quantitative estimate of drug-likeness (QED) is 0.783. The molecule has 0 radical (unpaired) electrons. The van der Waals surface area contributed by atoms with Gasteiger partial charge >= 0.3 is 0 Å². The van der Waals surface area contributed by atoms with Gasteiger partial charge in [-0.1, -0.05) is 30.7 Å². The maximum Gasteiger partial charge on any atom is 0.251 e. The first kappa shape index (κ1) is 20.3. The Labute approximate surface area is 165 Å². The Morgan fingerprint density at radius 1 is 1.36 bits per heavy atom. The van der Waals surface area contributed by atoms with Gasteiger partial charge in [-0.05, 0) is 43.5 Å². The number of carbonyl (C=O) groups is 1. The summed E-state index contributed by atoms with van der Waals surface area (Å²) < 4.78 is 20.0. The van der Waals surface area contributed by atoms with Gasteiger partial charge in [0.25, 0.3) is 5.91 Å². The van der Waals surface area contributed by atoms with Crippen LogP contribution in [-0.4, -0.2) is 37.7 Å². The fourth-order valence-corrected chi connectivity index (χ4v) is 3.54. The number of hydrogen-bond acceptors (Lipinski definition) is 4. The van der Waals surface area contributed by atoms with Gasteiger partial charge in [0.2, 0.25) is 0 Å². The molecule has 1 aliphatic carbocycles. The molecule has 1 aromatic rings. The van der Waals surface area contributed by atoms with Gasteiger partial charge in [-0.2, -0.15) is 5.26 Å². The molecule has 1 saturated carbocycles. The molecule has 2 atom stereocenters. The van der Waals surface area contributed by atoms with E-state index in [0.29, 0.717) is 30.2 Å². The highest BCUT2D eigenvalue weighted by atomic mass is 19.1. The van der Waals surface area contributed by atoms with Crippen molar-refractivity contribution in [2.75, 3.05) is 19.7 Å². The Morgan fingerprint density at radius 2 is 2.18 bits per heavy atom. The van der Waals surface area contributed by atoms with Crippen LogP contribution in [0.2, 0.25) is 0 Å². The van der Waals surface area contributed by atoms with Crippen molar-refractivity contribution in [3.63, 3.8) is 0 Å². The molecule has 6 heteroatoms. The first-order chi connectivity index (χ1) is 13.7. The summed E-state index contributed by atoms with van der Waals surface area (Å²) in [6.45, 7) is 1.71. The van der Waals surface area contributed by atoms with Crippen molar-refractivity contribution < 1.29 is 13.9 Å². The Balaban J connectivity index is 1.59. The van der Waals surface area contributed by atoms with E-state index in [1.807, 2.05) is 6.07 Å². The summed E-state index contributed by atoms with van der Waals surface area (Å²) in [6.07, 6.45) is 4.99. The summed E-state index contributed by atoms with van der Waals surface area (Å²) in [5.74, 6) is 5.94.